The molecule has 7 nitrogen and oxygen atoms in total. The van der Waals surface area contributed by atoms with E-state index in [1.54, 1.807) is 24.4 Å². The van der Waals surface area contributed by atoms with E-state index in [4.69, 9.17) is 9.47 Å². The van der Waals surface area contributed by atoms with Gasteiger partial charge in [-0.1, -0.05) is 31.5 Å². The Labute approximate surface area is 185 Å². The van der Waals surface area contributed by atoms with Gasteiger partial charge in [-0.05, 0) is 49.1 Å². The average Bonchev–Trinajstić information content (AvgIpc) is 3.45. The van der Waals surface area contributed by atoms with Crippen LogP contribution < -0.4 is 9.47 Å². The van der Waals surface area contributed by atoms with Gasteiger partial charge >= 0.3 is 0 Å². The van der Waals surface area contributed by atoms with Gasteiger partial charge in [0.05, 0.1) is 5.75 Å². The summed E-state index contributed by atoms with van der Waals surface area (Å²) >= 11 is 1.44. The van der Waals surface area contributed by atoms with Crippen LogP contribution in [0.15, 0.2) is 47.9 Å². The second kappa shape index (κ2) is 8.70. The van der Waals surface area contributed by atoms with Crippen molar-refractivity contribution in [2.75, 3.05) is 12.5 Å². The lowest BCUT2D eigenvalue weighted by Gasteiger charge is -2.31. The van der Waals surface area contributed by atoms with Crippen molar-refractivity contribution in [3.63, 3.8) is 0 Å². The summed E-state index contributed by atoms with van der Waals surface area (Å²) in [4.78, 5) is 17.1. The standard InChI is InChI=1S/C23H24N4O3S/c1-15-5-2-3-7-18(15)27-22(17-6-4-10-24-12-17)25-26-23(27)31-13-19(28)16-8-9-20-21(11-16)30-14-29-20/h4,6,8-12,15,18H,2-3,5,7,13-14H2,1H3/t15-,18-/m0/s1. The number of fused-ring (bicyclic) bond motifs is 1. The van der Waals surface area contributed by atoms with Crippen molar-refractivity contribution in [3.05, 3.63) is 48.3 Å². The highest BCUT2D eigenvalue weighted by Crippen LogP contribution is 2.39. The molecule has 160 valence electrons. The maximum Gasteiger partial charge on any atom is 0.231 e. The number of nitrogens with zero attached hydrogens (tertiary/aromatic N) is 4. The van der Waals surface area contributed by atoms with Gasteiger partial charge in [0.15, 0.2) is 28.3 Å². The maximum atomic E-state index is 12.9. The van der Waals surface area contributed by atoms with Gasteiger partial charge in [0.1, 0.15) is 0 Å². The average molecular weight is 437 g/mol. The Kier molecular flexibility index (Phi) is 5.63. The molecule has 2 aliphatic rings. The summed E-state index contributed by atoms with van der Waals surface area (Å²) in [5, 5.41) is 9.76. The number of hydrogen-bond donors (Lipinski definition) is 0. The second-order valence-corrected chi connectivity index (χ2v) is 8.97. The Morgan fingerprint density at radius 1 is 1.16 bits per heavy atom. The zero-order valence-electron chi connectivity index (χ0n) is 17.4. The largest absolute Gasteiger partial charge is 0.454 e. The van der Waals surface area contributed by atoms with E-state index in [9.17, 15) is 4.79 Å². The van der Waals surface area contributed by atoms with E-state index in [1.165, 1.54) is 31.0 Å². The second-order valence-electron chi connectivity index (χ2n) is 8.03. The number of ether oxygens (including phenoxy) is 2. The Hall–Kier alpha value is -2.87. The van der Waals surface area contributed by atoms with Crippen LogP contribution in [0.2, 0.25) is 0 Å². The van der Waals surface area contributed by atoms with Crippen LogP contribution in [0, 0.1) is 5.92 Å². The summed E-state index contributed by atoms with van der Waals surface area (Å²) in [5.41, 5.74) is 1.56. The van der Waals surface area contributed by atoms with Crippen LogP contribution in [0.5, 0.6) is 11.5 Å². The van der Waals surface area contributed by atoms with Crippen LogP contribution in [0.3, 0.4) is 0 Å². The van der Waals surface area contributed by atoms with Crippen LogP contribution in [0.1, 0.15) is 49.0 Å². The lowest BCUT2D eigenvalue weighted by atomic mass is 9.85. The Morgan fingerprint density at radius 3 is 2.87 bits per heavy atom. The third kappa shape index (κ3) is 4.04. The number of carbonyl (C=O) groups excluding carboxylic acids is 1. The molecule has 0 amide bonds. The zero-order valence-corrected chi connectivity index (χ0v) is 18.2. The molecule has 2 atom stereocenters. The van der Waals surface area contributed by atoms with Crippen LogP contribution in [-0.4, -0.2) is 38.1 Å². The minimum absolute atomic E-state index is 0.0254. The van der Waals surface area contributed by atoms with E-state index < -0.39 is 0 Å². The molecule has 1 saturated carbocycles. The lowest BCUT2D eigenvalue weighted by molar-refractivity contribution is 0.102. The fourth-order valence-corrected chi connectivity index (χ4v) is 5.22. The summed E-state index contributed by atoms with van der Waals surface area (Å²) in [6, 6.07) is 9.56. The highest BCUT2D eigenvalue weighted by Gasteiger charge is 2.29. The summed E-state index contributed by atoms with van der Waals surface area (Å²) in [5.74, 6) is 2.96. The first-order chi connectivity index (χ1) is 15.2. The molecule has 0 bridgehead atoms. The highest BCUT2D eigenvalue weighted by molar-refractivity contribution is 7.99. The van der Waals surface area contributed by atoms with Crippen LogP contribution in [0.25, 0.3) is 11.4 Å². The molecular weight excluding hydrogens is 412 g/mol. The van der Waals surface area contributed by atoms with Gasteiger partial charge in [0.2, 0.25) is 6.79 Å². The number of carbonyl (C=O) groups is 1. The van der Waals surface area contributed by atoms with Crippen molar-refractivity contribution in [2.45, 2.75) is 43.8 Å². The number of pyridine rings is 1. The molecule has 31 heavy (non-hydrogen) atoms. The number of benzene rings is 1. The molecule has 1 fully saturated rings. The number of ketones is 1. The minimum Gasteiger partial charge on any atom is -0.454 e. The molecular formula is C23H24N4O3S. The predicted molar refractivity (Wildman–Crippen MR) is 118 cm³/mol. The highest BCUT2D eigenvalue weighted by atomic mass is 32.2. The van der Waals surface area contributed by atoms with Crippen LogP contribution in [-0.2, 0) is 0 Å². The molecule has 1 aromatic carbocycles. The first-order valence-corrected chi connectivity index (χ1v) is 11.6. The maximum absolute atomic E-state index is 12.9. The van der Waals surface area contributed by atoms with Crippen LogP contribution in [0.4, 0.5) is 0 Å². The molecule has 2 aromatic heterocycles. The number of Topliss-reactive ketones (excluding diaryl/α,β-unsaturated/α-hetero) is 1. The van der Waals surface area contributed by atoms with Crippen LogP contribution >= 0.6 is 11.8 Å². The number of aromatic nitrogens is 4. The third-order valence-electron chi connectivity index (χ3n) is 6.01. The van der Waals surface area contributed by atoms with E-state index in [2.05, 4.69) is 26.7 Å². The van der Waals surface area contributed by atoms with Gasteiger partial charge < -0.3 is 9.47 Å². The quantitative estimate of drug-likeness (QED) is 0.406. The smallest absolute Gasteiger partial charge is 0.231 e. The predicted octanol–water partition coefficient (Wildman–Crippen LogP) is 4.80. The Bertz CT molecular complexity index is 1090. The molecule has 1 aliphatic carbocycles. The van der Waals surface area contributed by atoms with Gasteiger partial charge in [-0.3, -0.25) is 14.3 Å². The van der Waals surface area contributed by atoms with Crippen molar-refractivity contribution in [3.8, 4) is 22.9 Å². The van der Waals surface area contributed by atoms with Gasteiger partial charge in [-0.15, -0.1) is 10.2 Å². The molecule has 1 aliphatic heterocycles. The first kappa shape index (κ1) is 20.1. The molecule has 0 N–H and O–H groups in total. The van der Waals surface area contributed by atoms with E-state index in [0.717, 1.165) is 23.0 Å². The SMILES string of the molecule is C[C@H]1CCCC[C@@H]1n1c(SCC(=O)c2ccc3c(c2)OCO3)nnc1-c1cccnc1. The van der Waals surface area contributed by atoms with Gasteiger partial charge in [0.25, 0.3) is 0 Å². The van der Waals surface area contributed by atoms with Gasteiger partial charge in [-0.25, -0.2) is 0 Å². The number of thioether (sulfide) groups is 1. The van der Waals surface area contributed by atoms with E-state index >= 15 is 0 Å². The Morgan fingerprint density at radius 2 is 2.03 bits per heavy atom. The molecule has 5 rings (SSSR count). The van der Waals surface area contributed by atoms with Crippen molar-refractivity contribution in [1.82, 2.24) is 19.7 Å². The van der Waals surface area contributed by atoms with Crippen molar-refractivity contribution >= 4 is 17.5 Å². The Balaban J connectivity index is 1.41. The number of rotatable bonds is 6. The topological polar surface area (TPSA) is 79.1 Å². The summed E-state index contributed by atoms with van der Waals surface area (Å²) < 4.78 is 13.0. The normalized spacial score (nSPS) is 20.0. The fourth-order valence-electron chi connectivity index (χ4n) is 4.33. The molecule has 0 radical (unpaired) electrons. The molecule has 8 heteroatoms. The fraction of sp³-hybridized carbons (Fsp3) is 0.391. The van der Waals surface area contributed by atoms with Crippen molar-refractivity contribution in [1.29, 1.82) is 0 Å². The number of hydrogen-bond acceptors (Lipinski definition) is 7. The zero-order chi connectivity index (χ0) is 21.2. The van der Waals surface area contributed by atoms with Crippen molar-refractivity contribution < 1.29 is 14.3 Å². The summed E-state index contributed by atoms with van der Waals surface area (Å²) in [6.45, 7) is 2.49. The molecule has 3 aromatic rings. The lowest BCUT2D eigenvalue weighted by Crippen LogP contribution is -2.22. The van der Waals surface area contributed by atoms with E-state index in [0.29, 0.717) is 29.0 Å². The van der Waals surface area contributed by atoms with E-state index in [1.807, 2.05) is 18.3 Å². The monoisotopic (exact) mass is 436 g/mol. The molecule has 0 saturated heterocycles. The third-order valence-corrected chi connectivity index (χ3v) is 6.95. The van der Waals surface area contributed by atoms with E-state index in [-0.39, 0.29) is 18.3 Å². The molecule has 0 spiro atoms. The summed E-state index contributed by atoms with van der Waals surface area (Å²) in [6.07, 6.45) is 8.31. The van der Waals surface area contributed by atoms with Gasteiger partial charge in [-0.2, -0.15) is 0 Å². The minimum atomic E-state index is 0.0254. The summed E-state index contributed by atoms with van der Waals surface area (Å²) in [7, 11) is 0. The van der Waals surface area contributed by atoms with Gasteiger partial charge in [0, 0.05) is 29.6 Å². The first-order valence-electron chi connectivity index (χ1n) is 10.6. The van der Waals surface area contributed by atoms with Crippen molar-refractivity contribution in [2.24, 2.45) is 5.92 Å². The molecule has 3 heterocycles. The molecule has 0 unspecified atom stereocenters.